The summed E-state index contributed by atoms with van der Waals surface area (Å²) in [5.74, 6) is 0.916. The second-order valence-corrected chi connectivity index (χ2v) is 4.69. The summed E-state index contributed by atoms with van der Waals surface area (Å²) in [7, 11) is 0. The highest BCUT2D eigenvalue weighted by Gasteiger charge is 2.19. The summed E-state index contributed by atoms with van der Waals surface area (Å²) in [6, 6.07) is 1.88. The van der Waals surface area contributed by atoms with E-state index in [0.717, 1.165) is 43.1 Å². The van der Waals surface area contributed by atoms with Crippen molar-refractivity contribution in [2.45, 2.75) is 52.7 Å². The molecule has 2 heterocycles. The lowest BCUT2D eigenvalue weighted by Gasteiger charge is -2.14. The molecule has 0 aromatic carbocycles. The Bertz CT molecular complexity index is 526. The van der Waals surface area contributed by atoms with Crippen molar-refractivity contribution in [1.29, 1.82) is 0 Å². The molecule has 0 aliphatic rings. The second kappa shape index (κ2) is 6.02. The second-order valence-electron chi connectivity index (χ2n) is 4.69. The molecule has 5 heteroatoms. The largest absolute Gasteiger partial charge is 0.333 e. The van der Waals surface area contributed by atoms with Crippen molar-refractivity contribution in [2.75, 3.05) is 0 Å². The van der Waals surface area contributed by atoms with Crippen LogP contribution in [0.4, 0.5) is 0 Å². The summed E-state index contributed by atoms with van der Waals surface area (Å²) in [6.07, 6.45) is 5.81. The van der Waals surface area contributed by atoms with Gasteiger partial charge < -0.3 is 10.3 Å². The van der Waals surface area contributed by atoms with E-state index in [-0.39, 0.29) is 6.04 Å². The number of aryl methyl sites for hydroxylation is 3. The minimum Gasteiger partial charge on any atom is -0.333 e. The van der Waals surface area contributed by atoms with Gasteiger partial charge in [0.1, 0.15) is 11.9 Å². The number of aromatic nitrogens is 4. The molecule has 1 atom stereocenters. The molecule has 2 N–H and O–H groups in total. The van der Waals surface area contributed by atoms with E-state index in [2.05, 4.69) is 41.5 Å². The summed E-state index contributed by atoms with van der Waals surface area (Å²) < 4.78 is 4.11. The first-order chi connectivity index (χ1) is 9.21. The van der Waals surface area contributed by atoms with Gasteiger partial charge in [0.25, 0.3) is 0 Å². The van der Waals surface area contributed by atoms with Crippen molar-refractivity contribution in [3.05, 3.63) is 35.7 Å². The van der Waals surface area contributed by atoms with Crippen molar-refractivity contribution in [3.8, 4) is 0 Å². The van der Waals surface area contributed by atoms with Crippen LogP contribution in [0.1, 0.15) is 50.4 Å². The minimum atomic E-state index is -0.214. The number of rotatable bonds is 6. The third-order valence-electron chi connectivity index (χ3n) is 3.33. The van der Waals surface area contributed by atoms with Crippen molar-refractivity contribution in [1.82, 2.24) is 19.3 Å². The lowest BCUT2D eigenvalue weighted by molar-refractivity contribution is 0.558. The highest BCUT2D eigenvalue weighted by Crippen LogP contribution is 2.20. The van der Waals surface area contributed by atoms with Gasteiger partial charge in [-0.25, -0.2) is 4.98 Å². The quantitative estimate of drug-likeness (QED) is 0.866. The predicted octanol–water partition coefficient (Wildman–Crippen LogP) is 2.12. The third kappa shape index (κ3) is 2.71. The van der Waals surface area contributed by atoms with Gasteiger partial charge in [-0.1, -0.05) is 13.8 Å². The van der Waals surface area contributed by atoms with Crippen LogP contribution in [0, 0.1) is 0 Å². The molecule has 5 nitrogen and oxygen atoms in total. The van der Waals surface area contributed by atoms with Gasteiger partial charge in [-0.2, -0.15) is 5.10 Å². The monoisotopic (exact) mass is 261 g/mol. The molecule has 0 saturated carbocycles. The predicted molar refractivity (Wildman–Crippen MR) is 75.8 cm³/mol. The molecular weight excluding hydrogens is 238 g/mol. The first-order valence-electron chi connectivity index (χ1n) is 7.04. The van der Waals surface area contributed by atoms with E-state index in [1.54, 1.807) is 0 Å². The molecule has 0 fully saturated rings. The number of hydrogen-bond acceptors (Lipinski definition) is 3. The molecule has 2 aromatic heterocycles. The number of nitrogens with zero attached hydrogens (tertiary/aromatic N) is 4. The third-order valence-corrected chi connectivity index (χ3v) is 3.33. The summed E-state index contributed by atoms with van der Waals surface area (Å²) in [5, 5.41) is 4.55. The molecular formula is C14H23N5. The summed E-state index contributed by atoms with van der Waals surface area (Å²) >= 11 is 0. The standard InChI is InChI=1S/C14H23N5/c1-4-8-18-9-7-16-14(18)13(15)12-10-11(5-2)17-19(12)6-3/h7,9-10,13H,4-6,8,15H2,1-3H3. The van der Waals surface area contributed by atoms with Gasteiger partial charge in [0.2, 0.25) is 0 Å². The van der Waals surface area contributed by atoms with Crippen molar-refractivity contribution >= 4 is 0 Å². The molecule has 0 aliphatic heterocycles. The van der Waals surface area contributed by atoms with Crippen LogP contribution in [0.25, 0.3) is 0 Å². The number of hydrogen-bond donors (Lipinski definition) is 1. The molecule has 1 unspecified atom stereocenters. The molecule has 0 radical (unpaired) electrons. The van der Waals surface area contributed by atoms with Crippen LogP contribution in [0.2, 0.25) is 0 Å². The van der Waals surface area contributed by atoms with Crippen LogP contribution in [0.5, 0.6) is 0 Å². The fourth-order valence-electron chi connectivity index (χ4n) is 2.33. The fraction of sp³-hybridized carbons (Fsp3) is 0.571. The van der Waals surface area contributed by atoms with Gasteiger partial charge in [0.05, 0.1) is 11.4 Å². The van der Waals surface area contributed by atoms with Crippen LogP contribution < -0.4 is 5.73 Å². The Morgan fingerprint density at radius 1 is 1.32 bits per heavy atom. The average molecular weight is 261 g/mol. The van der Waals surface area contributed by atoms with Gasteiger partial charge in [-0.3, -0.25) is 4.68 Å². The van der Waals surface area contributed by atoms with Crippen LogP contribution in [0.15, 0.2) is 18.5 Å². The van der Waals surface area contributed by atoms with E-state index < -0.39 is 0 Å². The van der Waals surface area contributed by atoms with Crippen molar-refractivity contribution in [2.24, 2.45) is 5.73 Å². The summed E-state index contributed by atoms with van der Waals surface area (Å²) in [6.45, 7) is 8.12. The van der Waals surface area contributed by atoms with Crippen LogP contribution in [-0.4, -0.2) is 19.3 Å². The molecule has 0 bridgehead atoms. The van der Waals surface area contributed by atoms with Gasteiger partial charge in [-0.15, -0.1) is 0 Å². The van der Waals surface area contributed by atoms with E-state index in [1.807, 2.05) is 17.1 Å². The van der Waals surface area contributed by atoms with E-state index >= 15 is 0 Å². The zero-order chi connectivity index (χ0) is 13.8. The van der Waals surface area contributed by atoms with E-state index in [9.17, 15) is 0 Å². The zero-order valence-electron chi connectivity index (χ0n) is 12.0. The Labute approximate surface area is 114 Å². The van der Waals surface area contributed by atoms with Gasteiger partial charge >= 0.3 is 0 Å². The molecule has 19 heavy (non-hydrogen) atoms. The van der Waals surface area contributed by atoms with E-state index in [1.165, 1.54) is 0 Å². The molecule has 0 aliphatic carbocycles. The Kier molecular flexibility index (Phi) is 4.37. The van der Waals surface area contributed by atoms with Crippen LogP contribution in [-0.2, 0) is 19.5 Å². The van der Waals surface area contributed by atoms with Crippen LogP contribution in [0.3, 0.4) is 0 Å². The zero-order valence-corrected chi connectivity index (χ0v) is 12.0. The first-order valence-corrected chi connectivity index (χ1v) is 7.04. The average Bonchev–Trinajstić information content (AvgIpc) is 3.04. The smallest absolute Gasteiger partial charge is 0.131 e. The van der Waals surface area contributed by atoms with Gasteiger partial charge in [0.15, 0.2) is 0 Å². The van der Waals surface area contributed by atoms with Gasteiger partial charge in [-0.05, 0) is 25.8 Å². The lowest BCUT2D eigenvalue weighted by atomic mass is 10.2. The maximum absolute atomic E-state index is 6.39. The van der Waals surface area contributed by atoms with Crippen molar-refractivity contribution < 1.29 is 0 Å². The summed E-state index contributed by atoms with van der Waals surface area (Å²) in [4.78, 5) is 4.42. The highest BCUT2D eigenvalue weighted by molar-refractivity contribution is 5.21. The van der Waals surface area contributed by atoms with Gasteiger partial charge in [0, 0.05) is 25.5 Å². The van der Waals surface area contributed by atoms with Crippen molar-refractivity contribution in [3.63, 3.8) is 0 Å². The SMILES string of the molecule is CCCn1ccnc1C(N)c1cc(CC)nn1CC. The first kappa shape index (κ1) is 13.8. The fourth-order valence-corrected chi connectivity index (χ4v) is 2.33. The molecule has 2 rings (SSSR count). The molecule has 104 valence electrons. The number of nitrogens with two attached hydrogens (primary N) is 1. The van der Waals surface area contributed by atoms with Crippen LogP contribution >= 0.6 is 0 Å². The Morgan fingerprint density at radius 3 is 2.74 bits per heavy atom. The maximum Gasteiger partial charge on any atom is 0.131 e. The minimum absolute atomic E-state index is 0.214. The highest BCUT2D eigenvalue weighted by atomic mass is 15.3. The summed E-state index contributed by atoms with van der Waals surface area (Å²) in [5.41, 5.74) is 8.52. The normalized spacial score (nSPS) is 12.8. The Morgan fingerprint density at radius 2 is 2.11 bits per heavy atom. The topological polar surface area (TPSA) is 61.7 Å². The van der Waals surface area contributed by atoms with E-state index in [0.29, 0.717) is 0 Å². The molecule has 0 saturated heterocycles. The maximum atomic E-state index is 6.39. The molecule has 2 aromatic rings. The lowest BCUT2D eigenvalue weighted by Crippen LogP contribution is -2.21. The molecule has 0 amide bonds. The van der Waals surface area contributed by atoms with E-state index in [4.69, 9.17) is 5.73 Å². The Balaban J connectivity index is 2.34. The molecule has 0 spiro atoms. The number of imidazole rings is 1. The Hall–Kier alpha value is -1.62.